The van der Waals surface area contributed by atoms with Gasteiger partial charge in [0.1, 0.15) is 0 Å². The van der Waals surface area contributed by atoms with Crippen molar-refractivity contribution in [2.24, 2.45) is 0 Å². The average Bonchev–Trinajstić information content (AvgIpc) is 2.90. The van der Waals surface area contributed by atoms with Gasteiger partial charge in [-0.2, -0.15) is 0 Å². The van der Waals surface area contributed by atoms with Crippen LogP contribution >= 0.6 is 11.8 Å². The molecule has 7 heteroatoms. The molecule has 36 heavy (non-hydrogen) atoms. The number of fused-ring (bicyclic) bond motifs is 1. The summed E-state index contributed by atoms with van der Waals surface area (Å²) in [4.78, 5) is 35.5. The van der Waals surface area contributed by atoms with Gasteiger partial charge in [0.15, 0.2) is 5.16 Å². The summed E-state index contributed by atoms with van der Waals surface area (Å²) in [5, 5.41) is 1.17. The summed E-state index contributed by atoms with van der Waals surface area (Å²) in [6, 6.07) is 24.0. The molecule has 1 aliphatic rings. The molecule has 0 bridgehead atoms. The number of rotatable bonds is 6. The van der Waals surface area contributed by atoms with Crippen LogP contribution < -0.4 is 10.5 Å². The first-order chi connectivity index (χ1) is 17.5. The molecule has 1 amide bonds. The second kappa shape index (κ2) is 10.6. The number of carbonyl (C=O) groups excluding carboxylic acids is 1. The van der Waals surface area contributed by atoms with Gasteiger partial charge >= 0.3 is 0 Å². The lowest BCUT2D eigenvalue weighted by molar-refractivity contribution is -0.128. The molecular formula is C29H30N4O2S. The molecule has 0 unspecified atom stereocenters. The molecule has 184 valence electrons. The highest BCUT2D eigenvalue weighted by atomic mass is 32.2. The number of anilines is 1. The number of nitrogens with zero attached hydrogens (tertiary/aromatic N) is 4. The molecule has 1 saturated heterocycles. The summed E-state index contributed by atoms with van der Waals surface area (Å²) in [5.74, 6) is 0.330. The lowest BCUT2D eigenvalue weighted by Crippen LogP contribution is -2.49. The molecule has 2 heterocycles. The van der Waals surface area contributed by atoms with Gasteiger partial charge in [-0.25, -0.2) is 4.98 Å². The van der Waals surface area contributed by atoms with Gasteiger partial charge < -0.3 is 9.80 Å². The van der Waals surface area contributed by atoms with E-state index in [0.29, 0.717) is 35.7 Å². The summed E-state index contributed by atoms with van der Waals surface area (Å²) in [5.41, 5.74) is 5.22. The van der Waals surface area contributed by atoms with Crippen molar-refractivity contribution in [3.63, 3.8) is 0 Å². The zero-order valence-corrected chi connectivity index (χ0v) is 21.5. The Kier molecular flexibility index (Phi) is 7.09. The quantitative estimate of drug-likeness (QED) is 0.289. The molecule has 0 aliphatic carbocycles. The van der Waals surface area contributed by atoms with Crippen molar-refractivity contribution in [1.29, 1.82) is 0 Å². The number of para-hydroxylation sites is 1. The first-order valence-corrected chi connectivity index (χ1v) is 13.2. The van der Waals surface area contributed by atoms with Crippen LogP contribution in [0.15, 0.2) is 82.7 Å². The molecule has 0 spiro atoms. The molecular weight excluding hydrogens is 468 g/mol. The maximum atomic E-state index is 13.4. The molecule has 0 atom stereocenters. The van der Waals surface area contributed by atoms with Crippen LogP contribution in [0, 0.1) is 13.8 Å². The van der Waals surface area contributed by atoms with Gasteiger partial charge in [0.2, 0.25) is 5.91 Å². The first-order valence-electron chi connectivity index (χ1n) is 12.3. The number of hydrogen-bond donors (Lipinski definition) is 0. The Hall–Kier alpha value is -3.58. The van der Waals surface area contributed by atoms with E-state index in [0.717, 1.165) is 18.7 Å². The molecule has 1 aromatic heterocycles. The zero-order valence-electron chi connectivity index (χ0n) is 20.7. The zero-order chi connectivity index (χ0) is 25.1. The number of piperazine rings is 1. The molecule has 5 rings (SSSR count). The van der Waals surface area contributed by atoms with Crippen LogP contribution in [0.1, 0.15) is 16.7 Å². The number of amides is 1. The summed E-state index contributed by atoms with van der Waals surface area (Å²) in [6.45, 7) is 7.56. The van der Waals surface area contributed by atoms with Gasteiger partial charge in [-0.15, -0.1) is 0 Å². The van der Waals surface area contributed by atoms with E-state index in [2.05, 4.69) is 36.1 Å². The molecule has 0 N–H and O–H groups in total. The predicted molar refractivity (Wildman–Crippen MR) is 147 cm³/mol. The average molecular weight is 499 g/mol. The largest absolute Gasteiger partial charge is 0.368 e. The van der Waals surface area contributed by atoms with Crippen LogP contribution in [-0.4, -0.2) is 52.3 Å². The fourth-order valence-corrected chi connectivity index (χ4v) is 5.43. The number of aryl methyl sites for hydroxylation is 2. The molecule has 1 fully saturated rings. The van der Waals surface area contributed by atoms with Crippen LogP contribution in [0.3, 0.4) is 0 Å². The van der Waals surface area contributed by atoms with E-state index < -0.39 is 0 Å². The van der Waals surface area contributed by atoms with Gasteiger partial charge in [-0.3, -0.25) is 14.2 Å². The normalized spacial score (nSPS) is 13.8. The van der Waals surface area contributed by atoms with Gasteiger partial charge in [0.25, 0.3) is 5.56 Å². The van der Waals surface area contributed by atoms with Crippen molar-refractivity contribution < 1.29 is 4.79 Å². The van der Waals surface area contributed by atoms with E-state index in [9.17, 15) is 9.59 Å². The van der Waals surface area contributed by atoms with Gasteiger partial charge in [0, 0.05) is 31.9 Å². The summed E-state index contributed by atoms with van der Waals surface area (Å²) in [7, 11) is 0. The molecule has 4 aromatic rings. The van der Waals surface area contributed by atoms with Crippen molar-refractivity contribution in [2.75, 3.05) is 36.8 Å². The molecule has 6 nitrogen and oxygen atoms in total. The van der Waals surface area contributed by atoms with Crippen molar-refractivity contribution >= 4 is 34.3 Å². The van der Waals surface area contributed by atoms with Crippen molar-refractivity contribution in [2.45, 2.75) is 25.5 Å². The second-order valence-corrected chi connectivity index (χ2v) is 10.2. The van der Waals surface area contributed by atoms with Crippen molar-refractivity contribution in [3.05, 3.63) is 99.8 Å². The third-order valence-electron chi connectivity index (χ3n) is 6.61. The fourth-order valence-electron chi connectivity index (χ4n) is 4.53. The van der Waals surface area contributed by atoms with E-state index in [1.54, 1.807) is 4.57 Å². The fraction of sp³-hybridized carbons (Fsp3) is 0.276. The number of carbonyl (C=O) groups is 1. The van der Waals surface area contributed by atoms with Crippen LogP contribution in [0.4, 0.5) is 5.69 Å². The maximum absolute atomic E-state index is 13.4. The minimum Gasteiger partial charge on any atom is -0.368 e. The number of hydrogen-bond acceptors (Lipinski definition) is 5. The molecule has 0 radical (unpaired) electrons. The van der Waals surface area contributed by atoms with E-state index in [-0.39, 0.29) is 17.2 Å². The third kappa shape index (κ3) is 5.31. The van der Waals surface area contributed by atoms with Crippen LogP contribution in [-0.2, 0) is 11.3 Å². The highest BCUT2D eigenvalue weighted by molar-refractivity contribution is 7.99. The second-order valence-electron chi connectivity index (χ2n) is 9.28. The first kappa shape index (κ1) is 24.1. The monoisotopic (exact) mass is 498 g/mol. The van der Waals surface area contributed by atoms with Crippen LogP contribution in [0.25, 0.3) is 10.9 Å². The van der Waals surface area contributed by atoms with E-state index in [4.69, 9.17) is 4.98 Å². The third-order valence-corrected chi connectivity index (χ3v) is 7.57. The van der Waals surface area contributed by atoms with Gasteiger partial charge in [-0.05, 0) is 49.2 Å². The standard InChI is InChI=1S/C29H30N4O2S/c1-21-10-12-23(13-11-21)19-33-28(35)25-8-3-4-9-26(25)30-29(33)36-20-27(34)32-16-14-31(15-17-32)24-7-5-6-22(2)18-24/h3-13,18H,14-17,19-20H2,1-2H3. The smallest absolute Gasteiger partial charge is 0.262 e. The summed E-state index contributed by atoms with van der Waals surface area (Å²) < 4.78 is 1.70. The Morgan fingerprint density at radius 1 is 0.889 bits per heavy atom. The highest BCUT2D eigenvalue weighted by Crippen LogP contribution is 2.22. The lowest BCUT2D eigenvalue weighted by Gasteiger charge is -2.36. The van der Waals surface area contributed by atoms with E-state index >= 15 is 0 Å². The minimum atomic E-state index is -0.0807. The number of benzene rings is 3. The molecule has 1 aliphatic heterocycles. The lowest BCUT2D eigenvalue weighted by atomic mass is 10.1. The van der Waals surface area contributed by atoms with Crippen molar-refractivity contribution in [3.8, 4) is 0 Å². The van der Waals surface area contributed by atoms with E-state index in [1.807, 2.05) is 60.4 Å². The summed E-state index contributed by atoms with van der Waals surface area (Å²) >= 11 is 1.35. The Bertz CT molecular complexity index is 1440. The maximum Gasteiger partial charge on any atom is 0.262 e. The highest BCUT2D eigenvalue weighted by Gasteiger charge is 2.22. The summed E-state index contributed by atoms with van der Waals surface area (Å²) in [6.07, 6.45) is 0. The van der Waals surface area contributed by atoms with Crippen molar-refractivity contribution in [1.82, 2.24) is 14.5 Å². The Morgan fingerprint density at radius 3 is 2.39 bits per heavy atom. The van der Waals surface area contributed by atoms with Crippen LogP contribution in [0.5, 0.6) is 0 Å². The van der Waals surface area contributed by atoms with E-state index in [1.165, 1.54) is 28.6 Å². The predicted octanol–water partition coefficient (Wildman–Crippen LogP) is 4.50. The Morgan fingerprint density at radius 2 is 1.64 bits per heavy atom. The number of aromatic nitrogens is 2. The van der Waals surface area contributed by atoms with Gasteiger partial charge in [0.05, 0.1) is 23.2 Å². The number of thioether (sulfide) groups is 1. The van der Waals surface area contributed by atoms with Gasteiger partial charge in [-0.1, -0.05) is 65.9 Å². The topological polar surface area (TPSA) is 58.4 Å². The SMILES string of the molecule is Cc1ccc(Cn2c(SCC(=O)N3CCN(c4cccc(C)c4)CC3)nc3ccccc3c2=O)cc1. The molecule has 0 saturated carbocycles. The Labute approximate surface area is 215 Å². The van der Waals surface area contributed by atoms with Crippen LogP contribution in [0.2, 0.25) is 0 Å². The molecule has 3 aromatic carbocycles. The minimum absolute atomic E-state index is 0.0770. The Balaban J connectivity index is 1.30.